The van der Waals surface area contributed by atoms with Gasteiger partial charge in [0.1, 0.15) is 6.29 Å². The fraction of sp³-hybridized carbons (Fsp3) is 0.900. The molecule has 0 heterocycles. The van der Waals surface area contributed by atoms with Gasteiger partial charge in [0.05, 0.1) is 5.60 Å². The van der Waals surface area contributed by atoms with Gasteiger partial charge in [-0.3, -0.25) is 0 Å². The fourth-order valence-corrected chi connectivity index (χ4v) is 2.39. The summed E-state index contributed by atoms with van der Waals surface area (Å²) >= 11 is 0. The Balaban J connectivity index is 2.88. The molecular weight excluding hydrogens is 152 g/mol. The van der Waals surface area contributed by atoms with Gasteiger partial charge in [-0.15, -0.1) is 0 Å². The van der Waals surface area contributed by atoms with Gasteiger partial charge in [-0.1, -0.05) is 20.3 Å². The average Bonchev–Trinajstić information content (AvgIpc) is 1.83. The van der Waals surface area contributed by atoms with E-state index in [1.54, 1.807) is 6.92 Å². The molecule has 0 unspecified atom stereocenters. The molecule has 0 bridgehead atoms. The smallest absolute Gasteiger partial charge is 0.126 e. The van der Waals surface area contributed by atoms with Crippen molar-refractivity contribution in [1.29, 1.82) is 0 Å². The molecule has 0 aromatic rings. The largest absolute Gasteiger partial charge is 0.389 e. The molecule has 1 N–H and O–H groups in total. The van der Waals surface area contributed by atoms with Crippen LogP contribution in [0.3, 0.4) is 0 Å². The molecule has 2 heteroatoms. The first-order chi connectivity index (χ1) is 5.40. The van der Waals surface area contributed by atoms with Crippen molar-refractivity contribution in [3.63, 3.8) is 0 Å². The predicted octanol–water partition coefficient (Wildman–Crippen LogP) is 1.76. The second-order valence-electron chi connectivity index (χ2n) is 4.81. The van der Waals surface area contributed by atoms with Crippen LogP contribution in [0, 0.1) is 11.3 Å². The average molecular weight is 170 g/mol. The normalized spacial score (nSPS) is 40.8. The highest BCUT2D eigenvalue weighted by Gasteiger charge is 2.45. The Morgan fingerprint density at radius 2 is 1.92 bits per heavy atom. The van der Waals surface area contributed by atoms with Crippen molar-refractivity contribution in [1.82, 2.24) is 0 Å². The molecule has 0 saturated heterocycles. The number of hydrogen-bond acceptors (Lipinski definition) is 2. The number of rotatable bonds is 1. The first kappa shape index (κ1) is 9.72. The highest BCUT2D eigenvalue weighted by atomic mass is 16.3. The molecule has 0 aliphatic heterocycles. The maximum Gasteiger partial charge on any atom is 0.126 e. The van der Waals surface area contributed by atoms with Gasteiger partial charge < -0.3 is 9.90 Å². The number of carbonyl (C=O) groups excluding carboxylic acids is 1. The Hall–Kier alpha value is -0.370. The Labute approximate surface area is 74.0 Å². The summed E-state index contributed by atoms with van der Waals surface area (Å²) in [7, 11) is 0. The Morgan fingerprint density at radius 3 is 2.25 bits per heavy atom. The molecule has 2 atom stereocenters. The molecule has 1 rings (SSSR count). The second kappa shape index (κ2) is 2.84. The summed E-state index contributed by atoms with van der Waals surface area (Å²) < 4.78 is 0. The number of aldehydes is 1. The van der Waals surface area contributed by atoms with Gasteiger partial charge in [0.15, 0.2) is 0 Å². The molecule has 0 aromatic heterocycles. The topological polar surface area (TPSA) is 37.3 Å². The first-order valence-corrected chi connectivity index (χ1v) is 4.58. The Bertz CT molecular complexity index is 166. The van der Waals surface area contributed by atoms with Crippen molar-refractivity contribution in [2.24, 2.45) is 11.3 Å². The minimum Gasteiger partial charge on any atom is -0.389 e. The van der Waals surface area contributed by atoms with Crippen LogP contribution in [0.4, 0.5) is 0 Å². The fourth-order valence-electron chi connectivity index (χ4n) is 2.39. The summed E-state index contributed by atoms with van der Waals surface area (Å²) in [6.07, 6.45) is 3.72. The predicted molar refractivity (Wildman–Crippen MR) is 47.8 cm³/mol. The number of hydrogen-bond donors (Lipinski definition) is 1. The lowest BCUT2D eigenvalue weighted by molar-refractivity contribution is -0.134. The van der Waals surface area contributed by atoms with Crippen LogP contribution in [0.15, 0.2) is 0 Å². The first-order valence-electron chi connectivity index (χ1n) is 4.58. The monoisotopic (exact) mass is 170 g/mol. The Kier molecular flexibility index (Phi) is 2.30. The van der Waals surface area contributed by atoms with Crippen molar-refractivity contribution in [2.45, 2.75) is 45.6 Å². The van der Waals surface area contributed by atoms with E-state index in [-0.39, 0.29) is 11.3 Å². The lowest BCUT2D eigenvalue weighted by Gasteiger charge is -2.45. The molecule has 1 saturated carbocycles. The van der Waals surface area contributed by atoms with E-state index in [1.807, 2.05) is 0 Å². The van der Waals surface area contributed by atoms with Crippen LogP contribution >= 0.6 is 0 Å². The van der Waals surface area contributed by atoms with Gasteiger partial charge in [0.25, 0.3) is 0 Å². The third-order valence-electron chi connectivity index (χ3n) is 3.15. The van der Waals surface area contributed by atoms with E-state index in [2.05, 4.69) is 13.8 Å². The van der Waals surface area contributed by atoms with E-state index in [9.17, 15) is 9.90 Å². The molecule has 1 fully saturated rings. The molecule has 1 aliphatic carbocycles. The van der Waals surface area contributed by atoms with Gasteiger partial charge in [-0.05, 0) is 25.2 Å². The van der Waals surface area contributed by atoms with Gasteiger partial charge in [-0.25, -0.2) is 0 Å². The second-order valence-corrected chi connectivity index (χ2v) is 4.81. The maximum atomic E-state index is 10.8. The molecule has 0 aromatic carbocycles. The van der Waals surface area contributed by atoms with Gasteiger partial charge in [0.2, 0.25) is 0 Å². The molecular formula is C10H18O2. The third-order valence-corrected chi connectivity index (χ3v) is 3.15. The van der Waals surface area contributed by atoms with E-state index in [1.165, 1.54) is 0 Å². The minimum atomic E-state index is -0.788. The zero-order valence-electron chi connectivity index (χ0n) is 8.13. The number of carbonyl (C=O) groups is 1. The molecule has 70 valence electrons. The van der Waals surface area contributed by atoms with Crippen LogP contribution in [0.1, 0.15) is 40.0 Å². The van der Waals surface area contributed by atoms with Crippen LogP contribution in [-0.2, 0) is 4.79 Å². The van der Waals surface area contributed by atoms with Gasteiger partial charge in [-0.2, -0.15) is 0 Å². The summed E-state index contributed by atoms with van der Waals surface area (Å²) in [4.78, 5) is 10.8. The molecule has 1 aliphatic rings. The quantitative estimate of drug-likeness (QED) is 0.609. The Morgan fingerprint density at radius 1 is 1.33 bits per heavy atom. The highest BCUT2D eigenvalue weighted by molar-refractivity contribution is 5.57. The van der Waals surface area contributed by atoms with Crippen LogP contribution in [0.2, 0.25) is 0 Å². The third kappa shape index (κ3) is 1.53. The SMILES string of the molecule is CC1(C)CCC[C@@](C)(O)[C@H]1C=O. The van der Waals surface area contributed by atoms with Crippen molar-refractivity contribution in [3.8, 4) is 0 Å². The van der Waals surface area contributed by atoms with Crippen LogP contribution in [0.25, 0.3) is 0 Å². The molecule has 2 nitrogen and oxygen atoms in total. The van der Waals surface area contributed by atoms with E-state index in [4.69, 9.17) is 0 Å². The lowest BCUT2D eigenvalue weighted by atomic mass is 9.62. The highest BCUT2D eigenvalue weighted by Crippen LogP contribution is 2.44. The maximum absolute atomic E-state index is 10.8. The molecule has 0 spiro atoms. The van der Waals surface area contributed by atoms with Crippen molar-refractivity contribution >= 4 is 6.29 Å². The van der Waals surface area contributed by atoms with Crippen LogP contribution in [-0.4, -0.2) is 17.0 Å². The molecule has 12 heavy (non-hydrogen) atoms. The van der Waals surface area contributed by atoms with Crippen LogP contribution < -0.4 is 0 Å². The molecule has 0 radical (unpaired) electrons. The van der Waals surface area contributed by atoms with Gasteiger partial charge >= 0.3 is 0 Å². The zero-order chi connectivity index (χ0) is 9.41. The lowest BCUT2D eigenvalue weighted by Crippen LogP contribution is -2.47. The summed E-state index contributed by atoms with van der Waals surface area (Å²) in [5.74, 6) is -0.209. The van der Waals surface area contributed by atoms with E-state index in [0.29, 0.717) is 0 Å². The summed E-state index contributed by atoms with van der Waals surface area (Å²) in [6.45, 7) is 5.88. The van der Waals surface area contributed by atoms with Crippen molar-refractivity contribution in [3.05, 3.63) is 0 Å². The minimum absolute atomic E-state index is 0.0382. The van der Waals surface area contributed by atoms with Crippen molar-refractivity contribution in [2.75, 3.05) is 0 Å². The van der Waals surface area contributed by atoms with Crippen LogP contribution in [0.5, 0.6) is 0 Å². The van der Waals surface area contributed by atoms with Gasteiger partial charge in [0, 0.05) is 5.92 Å². The van der Waals surface area contributed by atoms with E-state index >= 15 is 0 Å². The molecule has 0 amide bonds. The number of aliphatic hydroxyl groups is 1. The van der Waals surface area contributed by atoms with E-state index < -0.39 is 5.60 Å². The van der Waals surface area contributed by atoms with E-state index in [0.717, 1.165) is 25.5 Å². The zero-order valence-corrected chi connectivity index (χ0v) is 8.13. The summed E-state index contributed by atoms with van der Waals surface area (Å²) in [5, 5.41) is 9.94. The van der Waals surface area contributed by atoms with Crippen molar-refractivity contribution < 1.29 is 9.90 Å². The summed E-state index contributed by atoms with van der Waals surface area (Å²) in [5.41, 5.74) is -0.826. The standard InChI is InChI=1S/C10H18O2/c1-9(2)5-4-6-10(3,12)8(9)7-11/h7-8,12H,4-6H2,1-3H3/t8-,10+/m0/s1. The summed E-state index contributed by atoms with van der Waals surface area (Å²) in [6, 6.07) is 0.